The summed E-state index contributed by atoms with van der Waals surface area (Å²) in [6.07, 6.45) is 6.97. The van der Waals surface area contributed by atoms with Crippen LogP contribution in [0.2, 0.25) is 0 Å². The lowest BCUT2D eigenvalue weighted by Gasteiger charge is -2.50. The second-order valence-electron chi connectivity index (χ2n) is 6.36. The molecule has 0 aliphatic carbocycles. The van der Waals surface area contributed by atoms with Gasteiger partial charge >= 0.3 is 0 Å². The minimum Gasteiger partial charge on any atom is -0.492 e. The highest BCUT2D eigenvalue weighted by Gasteiger charge is 2.54. The molecular weight excluding hydrogens is 308 g/mol. The van der Waals surface area contributed by atoms with Crippen molar-refractivity contribution < 1.29 is 14.3 Å². The monoisotopic (exact) mass is 328 g/mol. The van der Waals surface area contributed by atoms with E-state index in [9.17, 15) is 4.79 Å². The van der Waals surface area contributed by atoms with E-state index >= 15 is 0 Å². The van der Waals surface area contributed by atoms with Gasteiger partial charge in [0.1, 0.15) is 17.0 Å². The van der Waals surface area contributed by atoms with Crippen molar-refractivity contribution in [2.24, 2.45) is 5.92 Å². The molecule has 1 spiro atoms. The molecule has 2 saturated heterocycles. The second-order valence-corrected chi connectivity index (χ2v) is 6.36. The molecule has 1 N–H and O–H groups in total. The van der Waals surface area contributed by atoms with Gasteiger partial charge < -0.3 is 14.4 Å². The average molecular weight is 328 g/mol. The molecule has 2 aliphatic heterocycles. The minimum atomic E-state index is -0.200. The molecule has 0 aromatic carbocycles. The fraction of sp³-hybridized carbons (Fsp3) is 0.471. The first-order valence-corrected chi connectivity index (χ1v) is 8.22. The van der Waals surface area contributed by atoms with Gasteiger partial charge in [-0.25, -0.2) is 0 Å². The lowest BCUT2D eigenvalue weighted by Crippen LogP contribution is -2.66. The van der Waals surface area contributed by atoms with Crippen molar-refractivity contribution in [2.75, 3.05) is 26.3 Å². The highest BCUT2D eigenvalue weighted by molar-refractivity contribution is 5.93. The number of rotatable bonds is 5. The second kappa shape index (κ2) is 6.24. The molecule has 0 radical (unpaired) electrons. The van der Waals surface area contributed by atoms with Gasteiger partial charge in [-0.1, -0.05) is 0 Å². The summed E-state index contributed by atoms with van der Waals surface area (Å²) < 4.78 is 11.8. The van der Waals surface area contributed by atoms with E-state index in [1.54, 1.807) is 24.7 Å². The number of likely N-dealkylation sites (tertiary alicyclic amines) is 1. The number of aromatic nitrogens is 3. The summed E-state index contributed by atoms with van der Waals surface area (Å²) >= 11 is 0. The number of carbonyl (C=O) groups is 1. The van der Waals surface area contributed by atoms with Crippen molar-refractivity contribution in [3.8, 4) is 5.75 Å². The van der Waals surface area contributed by atoms with E-state index < -0.39 is 0 Å². The number of aromatic amines is 1. The Morgan fingerprint density at radius 1 is 1.42 bits per heavy atom. The number of hydrogen-bond donors (Lipinski definition) is 1. The maximum atomic E-state index is 12.3. The number of carbonyl (C=O) groups excluding carboxylic acids is 1. The van der Waals surface area contributed by atoms with Gasteiger partial charge in [0, 0.05) is 19.0 Å². The van der Waals surface area contributed by atoms with Crippen LogP contribution in [-0.4, -0.2) is 57.9 Å². The summed E-state index contributed by atoms with van der Waals surface area (Å²) in [6.45, 7) is 2.67. The van der Waals surface area contributed by atoms with Crippen molar-refractivity contribution in [1.29, 1.82) is 0 Å². The maximum Gasteiger partial charge on any atom is 0.272 e. The third kappa shape index (κ3) is 2.75. The Bertz CT molecular complexity index is 683. The van der Waals surface area contributed by atoms with Gasteiger partial charge in [-0.15, -0.1) is 0 Å². The molecule has 1 amide bonds. The molecule has 2 aliphatic rings. The van der Waals surface area contributed by atoms with Crippen molar-refractivity contribution in [3.63, 3.8) is 0 Å². The molecule has 4 rings (SSSR count). The molecule has 7 heteroatoms. The molecule has 1 atom stereocenters. The van der Waals surface area contributed by atoms with Crippen LogP contribution in [0.5, 0.6) is 5.75 Å². The first-order valence-electron chi connectivity index (χ1n) is 8.22. The number of hydrogen-bond acceptors (Lipinski definition) is 5. The Balaban J connectivity index is 1.30. The Morgan fingerprint density at radius 3 is 3.08 bits per heavy atom. The summed E-state index contributed by atoms with van der Waals surface area (Å²) in [5.74, 6) is 1.19. The van der Waals surface area contributed by atoms with Gasteiger partial charge in [0.25, 0.3) is 5.91 Å². The van der Waals surface area contributed by atoms with Crippen molar-refractivity contribution in [3.05, 3.63) is 42.5 Å². The van der Waals surface area contributed by atoms with E-state index in [-0.39, 0.29) is 11.5 Å². The Morgan fingerprint density at radius 2 is 2.33 bits per heavy atom. The predicted octanol–water partition coefficient (Wildman–Crippen LogP) is 1.50. The van der Waals surface area contributed by atoms with Crippen LogP contribution in [0.15, 0.2) is 36.8 Å². The molecule has 7 nitrogen and oxygen atoms in total. The molecule has 2 aromatic heterocycles. The highest BCUT2D eigenvalue weighted by Crippen LogP contribution is 2.42. The molecule has 2 aromatic rings. The third-order valence-electron chi connectivity index (χ3n) is 4.90. The number of nitrogens with one attached hydrogen (secondary N) is 1. The fourth-order valence-corrected chi connectivity index (χ4v) is 3.58. The number of nitrogens with zero attached hydrogens (tertiary/aromatic N) is 3. The van der Waals surface area contributed by atoms with Crippen LogP contribution in [0.1, 0.15) is 23.3 Å². The van der Waals surface area contributed by atoms with E-state index in [0.29, 0.717) is 31.3 Å². The van der Waals surface area contributed by atoms with Crippen LogP contribution in [0.4, 0.5) is 0 Å². The molecule has 4 heterocycles. The van der Waals surface area contributed by atoms with Gasteiger partial charge in [0.15, 0.2) is 0 Å². The number of ether oxygens (including phenoxy) is 2. The normalized spacial score (nSPS) is 21.7. The Kier molecular flexibility index (Phi) is 3.93. The van der Waals surface area contributed by atoms with Crippen LogP contribution < -0.4 is 4.74 Å². The molecule has 24 heavy (non-hydrogen) atoms. The summed E-state index contributed by atoms with van der Waals surface area (Å²) in [6, 6.07) is 5.46. The van der Waals surface area contributed by atoms with E-state index in [2.05, 4.69) is 15.2 Å². The van der Waals surface area contributed by atoms with E-state index in [1.807, 2.05) is 17.0 Å². The van der Waals surface area contributed by atoms with Crippen LogP contribution in [0, 0.1) is 5.92 Å². The summed E-state index contributed by atoms with van der Waals surface area (Å²) in [5.41, 5.74) is 0.327. The molecule has 0 bridgehead atoms. The summed E-state index contributed by atoms with van der Waals surface area (Å²) in [4.78, 5) is 18.2. The SMILES string of the molecule is O=C(c1ccn[nH]1)N1CC2(C1)OCC[C@@H]2CCOc1cccnc1. The summed E-state index contributed by atoms with van der Waals surface area (Å²) in [5, 5.41) is 6.55. The average Bonchev–Trinajstić information content (AvgIpc) is 3.24. The number of H-pyrrole nitrogens is 1. The van der Waals surface area contributed by atoms with Gasteiger partial charge in [0.2, 0.25) is 0 Å². The fourth-order valence-electron chi connectivity index (χ4n) is 3.58. The zero-order valence-corrected chi connectivity index (χ0v) is 13.4. The van der Waals surface area contributed by atoms with Gasteiger partial charge in [-0.2, -0.15) is 5.10 Å². The zero-order chi connectivity index (χ0) is 16.4. The minimum absolute atomic E-state index is 0.0148. The van der Waals surface area contributed by atoms with Gasteiger partial charge in [0.05, 0.1) is 25.9 Å². The molecule has 0 saturated carbocycles. The van der Waals surface area contributed by atoms with E-state index in [0.717, 1.165) is 25.2 Å². The number of pyridine rings is 1. The summed E-state index contributed by atoms with van der Waals surface area (Å²) in [7, 11) is 0. The number of amides is 1. The zero-order valence-electron chi connectivity index (χ0n) is 13.4. The molecule has 0 unspecified atom stereocenters. The smallest absolute Gasteiger partial charge is 0.272 e. The van der Waals surface area contributed by atoms with Crippen molar-refractivity contribution in [2.45, 2.75) is 18.4 Å². The Hall–Kier alpha value is -2.41. The van der Waals surface area contributed by atoms with Crippen molar-refractivity contribution in [1.82, 2.24) is 20.1 Å². The standard InChI is InChI=1S/C17H20N4O3/c22-16(15-3-7-19-20-15)21-11-17(12-21)13(5-9-24-17)4-8-23-14-2-1-6-18-10-14/h1-3,6-7,10,13H,4-5,8-9,11-12H2,(H,19,20)/t13-/m0/s1. The van der Waals surface area contributed by atoms with E-state index in [1.165, 1.54) is 0 Å². The van der Waals surface area contributed by atoms with E-state index in [4.69, 9.17) is 9.47 Å². The maximum absolute atomic E-state index is 12.3. The quantitative estimate of drug-likeness (QED) is 0.900. The van der Waals surface area contributed by atoms with Crippen LogP contribution >= 0.6 is 0 Å². The van der Waals surface area contributed by atoms with Crippen LogP contribution in [0.25, 0.3) is 0 Å². The third-order valence-corrected chi connectivity index (χ3v) is 4.90. The largest absolute Gasteiger partial charge is 0.492 e. The van der Waals surface area contributed by atoms with Crippen LogP contribution in [0.3, 0.4) is 0 Å². The lowest BCUT2D eigenvalue weighted by molar-refractivity contribution is -0.119. The lowest BCUT2D eigenvalue weighted by atomic mass is 9.79. The van der Waals surface area contributed by atoms with Gasteiger partial charge in [-0.05, 0) is 37.0 Å². The molecule has 2 fully saturated rings. The van der Waals surface area contributed by atoms with Crippen molar-refractivity contribution >= 4 is 5.91 Å². The highest BCUT2D eigenvalue weighted by atomic mass is 16.5. The Labute approximate surface area is 140 Å². The topological polar surface area (TPSA) is 80.3 Å². The predicted molar refractivity (Wildman–Crippen MR) is 85.6 cm³/mol. The van der Waals surface area contributed by atoms with Crippen LogP contribution in [-0.2, 0) is 4.74 Å². The molecule has 126 valence electrons. The van der Waals surface area contributed by atoms with Gasteiger partial charge in [-0.3, -0.25) is 14.9 Å². The first kappa shape index (κ1) is 15.1. The first-order chi connectivity index (χ1) is 11.8. The molecular formula is C17H20N4O3.